The van der Waals surface area contributed by atoms with Crippen LogP contribution >= 0.6 is 11.6 Å². The van der Waals surface area contributed by atoms with E-state index in [-0.39, 0.29) is 16.6 Å². The first-order valence-corrected chi connectivity index (χ1v) is 4.60. The van der Waals surface area contributed by atoms with Crippen LogP contribution in [0.4, 0.5) is 4.39 Å². The van der Waals surface area contributed by atoms with Crippen molar-refractivity contribution in [1.82, 2.24) is 0 Å². The normalized spacial score (nSPS) is 13.4. The fourth-order valence-electron chi connectivity index (χ4n) is 1.29. The van der Waals surface area contributed by atoms with Crippen LogP contribution in [0, 0.1) is 5.82 Å². The second kappa shape index (κ2) is 3.26. The summed E-state index contributed by atoms with van der Waals surface area (Å²) in [5.74, 6) is 0.0252. The summed E-state index contributed by atoms with van der Waals surface area (Å²) in [6, 6.07) is 4.68. The SMILES string of the molecule is CC(N)c1cc2ccc(Cl)c(F)c2o1. The highest BCUT2D eigenvalue weighted by atomic mass is 35.5. The molecule has 2 N–H and O–H groups in total. The van der Waals surface area contributed by atoms with E-state index in [1.165, 1.54) is 6.07 Å². The van der Waals surface area contributed by atoms with Crippen LogP contribution in [-0.2, 0) is 0 Å². The van der Waals surface area contributed by atoms with Gasteiger partial charge in [-0.25, -0.2) is 4.39 Å². The number of benzene rings is 1. The maximum Gasteiger partial charge on any atom is 0.184 e. The van der Waals surface area contributed by atoms with Crippen LogP contribution in [0.3, 0.4) is 0 Å². The lowest BCUT2D eigenvalue weighted by Gasteiger charge is -1.97. The van der Waals surface area contributed by atoms with Crippen LogP contribution < -0.4 is 5.73 Å². The summed E-state index contributed by atoms with van der Waals surface area (Å²) in [5.41, 5.74) is 5.79. The average Bonchev–Trinajstić information content (AvgIpc) is 2.56. The smallest absolute Gasteiger partial charge is 0.184 e. The van der Waals surface area contributed by atoms with Crippen LogP contribution in [0.15, 0.2) is 22.6 Å². The molecular weight excluding hydrogens is 205 g/mol. The summed E-state index contributed by atoms with van der Waals surface area (Å²) in [5, 5.41) is 0.738. The molecule has 74 valence electrons. The molecule has 4 heteroatoms. The van der Waals surface area contributed by atoms with E-state index < -0.39 is 5.82 Å². The van der Waals surface area contributed by atoms with Gasteiger partial charge < -0.3 is 10.2 Å². The maximum absolute atomic E-state index is 13.4. The molecule has 0 aliphatic heterocycles. The molecule has 0 saturated carbocycles. The van der Waals surface area contributed by atoms with E-state index in [1.807, 2.05) is 0 Å². The molecule has 2 aromatic rings. The van der Waals surface area contributed by atoms with Crippen LogP contribution in [-0.4, -0.2) is 0 Å². The summed E-state index contributed by atoms with van der Waals surface area (Å²) in [6.07, 6.45) is 0. The molecule has 0 amide bonds. The molecule has 2 rings (SSSR count). The maximum atomic E-state index is 13.4. The largest absolute Gasteiger partial charge is 0.456 e. The van der Waals surface area contributed by atoms with E-state index in [4.69, 9.17) is 21.8 Å². The molecule has 1 atom stereocenters. The molecule has 1 aromatic carbocycles. The summed E-state index contributed by atoms with van der Waals surface area (Å²) < 4.78 is 18.7. The second-order valence-corrected chi connectivity index (χ2v) is 3.62. The molecule has 0 aliphatic rings. The van der Waals surface area contributed by atoms with E-state index >= 15 is 0 Å². The third-order valence-electron chi connectivity index (χ3n) is 2.05. The first kappa shape index (κ1) is 9.49. The van der Waals surface area contributed by atoms with Crippen molar-refractivity contribution in [2.45, 2.75) is 13.0 Å². The quantitative estimate of drug-likeness (QED) is 0.790. The number of halogens is 2. The molecule has 1 unspecified atom stereocenters. The van der Waals surface area contributed by atoms with Gasteiger partial charge in [0.1, 0.15) is 5.76 Å². The monoisotopic (exact) mass is 213 g/mol. The molecule has 0 spiro atoms. The first-order chi connectivity index (χ1) is 6.59. The van der Waals surface area contributed by atoms with Gasteiger partial charge in [-0.2, -0.15) is 0 Å². The van der Waals surface area contributed by atoms with Gasteiger partial charge in [-0.15, -0.1) is 0 Å². The topological polar surface area (TPSA) is 39.2 Å². The van der Waals surface area contributed by atoms with E-state index in [0.29, 0.717) is 11.1 Å². The highest BCUT2D eigenvalue weighted by Gasteiger charge is 2.13. The lowest BCUT2D eigenvalue weighted by atomic mass is 10.2. The highest BCUT2D eigenvalue weighted by molar-refractivity contribution is 6.31. The Bertz CT molecular complexity index is 478. The fourth-order valence-corrected chi connectivity index (χ4v) is 1.44. The Morgan fingerprint density at radius 3 is 2.86 bits per heavy atom. The summed E-state index contributed by atoms with van der Waals surface area (Å²) in [4.78, 5) is 0. The minimum Gasteiger partial charge on any atom is -0.456 e. The standard InChI is InChI=1S/C10H9ClFNO/c1-5(13)8-4-6-2-3-7(11)9(12)10(6)14-8/h2-5H,13H2,1H3. The predicted molar refractivity (Wildman–Crippen MR) is 53.8 cm³/mol. The second-order valence-electron chi connectivity index (χ2n) is 3.22. The van der Waals surface area contributed by atoms with Crippen molar-refractivity contribution in [3.05, 3.63) is 34.8 Å². The zero-order chi connectivity index (χ0) is 10.3. The van der Waals surface area contributed by atoms with E-state index in [2.05, 4.69) is 0 Å². The minimum atomic E-state index is -0.531. The Morgan fingerprint density at radius 2 is 2.21 bits per heavy atom. The zero-order valence-electron chi connectivity index (χ0n) is 7.55. The van der Waals surface area contributed by atoms with Gasteiger partial charge in [0.2, 0.25) is 0 Å². The lowest BCUT2D eigenvalue weighted by Crippen LogP contribution is -2.02. The van der Waals surface area contributed by atoms with E-state index in [0.717, 1.165) is 0 Å². The third kappa shape index (κ3) is 1.38. The number of rotatable bonds is 1. The van der Waals surface area contributed by atoms with Gasteiger partial charge in [0.25, 0.3) is 0 Å². The zero-order valence-corrected chi connectivity index (χ0v) is 8.31. The van der Waals surface area contributed by atoms with Crippen molar-refractivity contribution in [2.75, 3.05) is 0 Å². The van der Waals surface area contributed by atoms with Crippen molar-refractivity contribution in [3.8, 4) is 0 Å². The van der Waals surface area contributed by atoms with Gasteiger partial charge in [0.05, 0.1) is 11.1 Å². The molecule has 14 heavy (non-hydrogen) atoms. The summed E-state index contributed by atoms with van der Waals surface area (Å²) in [6.45, 7) is 1.78. The molecule has 0 saturated heterocycles. The Labute approximate surface area is 85.4 Å². The number of hydrogen-bond acceptors (Lipinski definition) is 2. The fraction of sp³-hybridized carbons (Fsp3) is 0.200. The minimum absolute atomic E-state index is 0.0584. The lowest BCUT2D eigenvalue weighted by molar-refractivity contribution is 0.493. The molecule has 2 nitrogen and oxygen atoms in total. The van der Waals surface area contributed by atoms with Crippen molar-refractivity contribution in [2.24, 2.45) is 5.73 Å². The van der Waals surface area contributed by atoms with Gasteiger partial charge in [-0.1, -0.05) is 11.6 Å². The highest BCUT2D eigenvalue weighted by Crippen LogP contribution is 2.28. The summed E-state index contributed by atoms with van der Waals surface area (Å²) >= 11 is 5.61. The van der Waals surface area contributed by atoms with Crippen LogP contribution in [0.5, 0.6) is 0 Å². The van der Waals surface area contributed by atoms with E-state index in [1.54, 1.807) is 19.1 Å². The van der Waals surface area contributed by atoms with E-state index in [9.17, 15) is 4.39 Å². The molecular formula is C10H9ClFNO. The van der Waals surface area contributed by atoms with Crippen LogP contribution in [0.1, 0.15) is 18.7 Å². The summed E-state index contributed by atoms with van der Waals surface area (Å²) in [7, 11) is 0. The molecule has 1 heterocycles. The Hall–Kier alpha value is -1.06. The van der Waals surface area contributed by atoms with Crippen molar-refractivity contribution in [1.29, 1.82) is 0 Å². The number of furan rings is 1. The Morgan fingerprint density at radius 1 is 1.50 bits per heavy atom. The van der Waals surface area contributed by atoms with Gasteiger partial charge in [-0.05, 0) is 25.1 Å². The Balaban J connectivity index is 2.71. The van der Waals surface area contributed by atoms with Gasteiger partial charge in [-0.3, -0.25) is 0 Å². The van der Waals surface area contributed by atoms with Gasteiger partial charge in [0.15, 0.2) is 11.4 Å². The average molecular weight is 214 g/mol. The number of fused-ring (bicyclic) bond motifs is 1. The molecule has 0 aliphatic carbocycles. The third-order valence-corrected chi connectivity index (χ3v) is 2.34. The first-order valence-electron chi connectivity index (χ1n) is 4.22. The van der Waals surface area contributed by atoms with Gasteiger partial charge >= 0.3 is 0 Å². The number of nitrogens with two attached hydrogens (primary N) is 1. The molecule has 0 bridgehead atoms. The Kier molecular flexibility index (Phi) is 2.21. The number of hydrogen-bond donors (Lipinski definition) is 1. The van der Waals surface area contributed by atoms with Crippen molar-refractivity contribution < 1.29 is 8.81 Å². The van der Waals surface area contributed by atoms with Crippen molar-refractivity contribution >= 4 is 22.6 Å². The van der Waals surface area contributed by atoms with Crippen LogP contribution in [0.2, 0.25) is 5.02 Å². The van der Waals surface area contributed by atoms with Crippen LogP contribution in [0.25, 0.3) is 11.0 Å². The van der Waals surface area contributed by atoms with Gasteiger partial charge in [0, 0.05) is 5.39 Å². The molecule has 1 aromatic heterocycles. The molecule has 0 radical (unpaired) electrons. The predicted octanol–water partition coefficient (Wildman–Crippen LogP) is 3.25. The van der Waals surface area contributed by atoms with Crippen molar-refractivity contribution in [3.63, 3.8) is 0 Å². The molecule has 0 fully saturated rings.